The van der Waals surface area contributed by atoms with Crippen molar-refractivity contribution in [2.24, 2.45) is 4.99 Å². The number of guanidine groups is 1. The van der Waals surface area contributed by atoms with Gasteiger partial charge in [0, 0.05) is 25.7 Å². The van der Waals surface area contributed by atoms with E-state index in [1.165, 1.54) is 12.1 Å². The van der Waals surface area contributed by atoms with Crippen molar-refractivity contribution in [3.8, 4) is 17.2 Å². The molecule has 164 valence electrons. The summed E-state index contributed by atoms with van der Waals surface area (Å²) in [6.07, 6.45) is -3.71. The Hall–Kier alpha value is -3.10. The molecule has 2 aromatic rings. The third-order valence-corrected chi connectivity index (χ3v) is 4.44. The van der Waals surface area contributed by atoms with E-state index in [-0.39, 0.29) is 0 Å². The molecule has 0 saturated heterocycles. The van der Waals surface area contributed by atoms with Crippen LogP contribution >= 0.6 is 0 Å². The van der Waals surface area contributed by atoms with E-state index in [9.17, 15) is 13.2 Å². The third kappa shape index (κ3) is 5.95. The van der Waals surface area contributed by atoms with Gasteiger partial charge in [-0.1, -0.05) is 18.2 Å². The summed E-state index contributed by atoms with van der Waals surface area (Å²) < 4.78 is 54.1. The summed E-state index contributed by atoms with van der Waals surface area (Å²) in [5, 5.41) is 6.25. The van der Waals surface area contributed by atoms with E-state index in [0.29, 0.717) is 48.3 Å². The number of benzene rings is 2. The van der Waals surface area contributed by atoms with E-state index in [4.69, 9.17) is 14.2 Å². The minimum atomic E-state index is -4.34. The van der Waals surface area contributed by atoms with Crippen molar-refractivity contribution in [2.45, 2.75) is 19.1 Å². The number of aliphatic imine (C=N–C) groups is 1. The summed E-state index contributed by atoms with van der Waals surface area (Å²) >= 11 is 0. The van der Waals surface area contributed by atoms with Crippen LogP contribution in [0.3, 0.4) is 0 Å². The number of methoxy groups -OCH3 is 3. The fourth-order valence-electron chi connectivity index (χ4n) is 2.89. The maximum Gasteiger partial charge on any atom is 0.416 e. The number of hydrogen-bond donors (Lipinski definition) is 2. The number of halogens is 3. The molecule has 9 heteroatoms. The lowest BCUT2D eigenvalue weighted by molar-refractivity contribution is -0.137. The maximum absolute atomic E-state index is 12.6. The smallest absolute Gasteiger partial charge is 0.416 e. The van der Waals surface area contributed by atoms with E-state index in [1.54, 1.807) is 28.4 Å². The molecular weight excluding hydrogens is 399 g/mol. The van der Waals surface area contributed by atoms with E-state index >= 15 is 0 Å². The molecule has 0 fully saturated rings. The first-order valence-corrected chi connectivity index (χ1v) is 9.22. The summed E-state index contributed by atoms with van der Waals surface area (Å²) in [5.74, 6) is 2.25. The van der Waals surface area contributed by atoms with Gasteiger partial charge in [0.25, 0.3) is 0 Å². The quantitative estimate of drug-likeness (QED) is 0.500. The van der Waals surface area contributed by atoms with Gasteiger partial charge in [0.15, 0.2) is 17.5 Å². The predicted molar refractivity (Wildman–Crippen MR) is 109 cm³/mol. The molecule has 6 nitrogen and oxygen atoms in total. The fourth-order valence-corrected chi connectivity index (χ4v) is 2.89. The molecule has 2 aromatic carbocycles. The van der Waals surface area contributed by atoms with Crippen molar-refractivity contribution in [1.29, 1.82) is 0 Å². The van der Waals surface area contributed by atoms with Crippen LogP contribution in [0.2, 0.25) is 0 Å². The van der Waals surface area contributed by atoms with Gasteiger partial charge in [-0.05, 0) is 30.2 Å². The second-order valence-corrected chi connectivity index (χ2v) is 6.29. The molecule has 0 aliphatic heterocycles. The SMILES string of the molecule is CN=C(NCCc1ccc(OC)c(OC)c1OC)NCc1ccc(C(F)(F)F)cc1. The van der Waals surface area contributed by atoms with Crippen molar-refractivity contribution in [3.63, 3.8) is 0 Å². The van der Waals surface area contributed by atoms with Crippen LogP contribution < -0.4 is 24.8 Å². The number of nitrogens with one attached hydrogen (secondary N) is 2. The van der Waals surface area contributed by atoms with Gasteiger partial charge in [-0.3, -0.25) is 4.99 Å². The Kier molecular flexibility index (Phi) is 8.20. The summed E-state index contributed by atoms with van der Waals surface area (Å²) in [6, 6.07) is 8.73. The third-order valence-electron chi connectivity index (χ3n) is 4.44. The summed E-state index contributed by atoms with van der Waals surface area (Å²) in [6.45, 7) is 0.899. The highest BCUT2D eigenvalue weighted by Gasteiger charge is 2.29. The summed E-state index contributed by atoms with van der Waals surface area (Å²) in [4.78, 5) is 4.13. The van der Waals surface area contributed by atoms with Gasteiger partial charge < -0.3 is 24.8 Å². The lowest BCUT2D eigenvalue weighted by Gasteiger charge is -2.17. The zero-order valence-electron chi connectivity index (χ0n) is 17.4. The lowest BCUT2D eigenvalue weighted by atomic mass is 10.1. The molecule has 0 aliphatic rings. The Bertz CT molecular complexity index is 853. The van der Waals surface area contributed by atoms with E-state index in [2.05, 4.69) is 15.6 Å². The molecule has 0 aliphatic carbocycles. The number of rotatable bonds is 8. The van der Waals surface area contributed by atoms with E-state index < -0.39 is 11.7 Å². The molecule has 30 heavy (non-hydrogen) atoms. The highest BCUT2D eigenvalue weighted by molar-refractivity contribution is 5.79. The number of hydrogen-bond acceptors (Lipinski definition) is 4. The van der Waals surface area contributed by atoms with Gasteiger partial charge in [-0.25, -0.2) is 0 Å². The first kappa shape index (κ1) is 23.2. The minimum Gasteiger partial charge on any atom is -0.493 e. The van der Waals surface area contributed by atoms with Gasteiger partial charge >= 0.3 is 6.18 Å². The minimum absolute atomic E-state index is 0.345. The molecule has 0 atom stereocenters. The molecular formula is C21H26F3N3O3. The fraction of sp³-hybridized carbons (Fsp3) is 0.381. The lowest BCUT2D eigenvalue weighted by Crippen LogP contribution is -2.37. The largest absolute Gasteiger partial charge is 0.493 e. The van der Waals surface area contributed by atoms with Gasteiger partial charge in [-0.2, -0.15) is 13.2 Å². The van der Waals surface area contributed by atoms with Crippen molar-refractivity contribution in [3.05, 3.63) is 53.1 Å². The van der Waals surface area contributed by atoms with Crippen LogP contribution in [-0.4, -0.2) is 40.9 Å². The van der Waals surface area contributed by atoms with Crippen LogP contribution in [0.5, 0.6) is 17.2 Å². The zero-order chi connectivity index (χ0) is 22.1. The second-order valence-electron chi connectivity index (χ2n) is 6.29. The van der Waals surface area contributed by atoms with Crippen LogP contribution in [0.25, 0.3) is 0 Å². The van der Waals surface area contributed by atoms with Gasteiger partial charge in [-0.15, -0.1) is 0 Å². The molecule has 0 aromatic heterocycles. The monoisotopic (exact) mass is 425 g/mol. The van der Waals surface area contributed by atoms with Crippen LogP contribution in [-0.2, 0) is 19.1 Å². The van der Waals surface area contributed by atoms with Crippen LogP contribution in [0.15, 0.2) is 41.4 Å². The molecule has 0 amide bonds. The molecule has 0 heterocycles. The average Bonchev–Trinajstić information content (AvgIpc) is 2.74. The van der Waals surface area contributed by atoms with Crippen LogP contribution in [0.1, 0.15) is 16.7 Å². The van der Waals surface area contributed by atoms with Crippen molar-refractivity contribution in [2.75, 3.05) is 34.9 Å². The van der Waals surface area contributed by atoms with Gasteiger partial charge in [0.05, 0.1) is 26.9 Å². The normalized spacial score (nSPS) is 11.8. The number of ether oxygens (including phenoxy) is 3. The Morgan fingerprint density at radius 1 is 0.900 bits per heavy atom. The molecule has 0 saturated carbocycles. The van der Waals surface area contributed by atoms with Gasteiger partial charge in [0.2, 0.25) is 5.75 Å². The molecule has 2 N–H and O–H groups in total. The Balaban J connectivity index is 1.92. The number of alkyl halides is 3. The van der Waals surface area contributed by atoms with E-state index in [1.807, 2.05) is 12.1 Å². The standard InChI is InChI=1S/C21H26F3N3O3/c1-25-20(27-13-14-5-8-16(9-6-14)21(22,23)24)26-12-11-15-7-10-17(28-2)19(30-4)18(15)29-3/h5-10H,11-13H2,1-4H3,(H2,25,26,27). The molecule has 0 radical (unpaired) electrons. The van der Waals surface area contributed by atoms with Gasteiger partial charge in [0.1, 0.15) is 0 Å². The average molecular weight is 425 g/mol. The highest BCUT2D eigenvalue weighted by atomic mass is 19.4. The zero-order valence-corrected chi connectivity index (χ0v) is 17.4. The predicted octanol–water partition coefficient (Wildman–Crippen LogP) is 3.64. The van der Waals surface area contributed by atoms with Crippen molar-refractivity contribution in [1.82, 2.24) is 10.6 Å². The highest BCUT2D eigenvalue weighted by Crippen LogP contribution is 2.39. The topological polar surface area (TPSA) is 64.1 Å². The summed E-state index contributed by atoms with van der Waals surface area (Å²) in [5.41, 5.74) is 0.978. The van der Waals surface area contributed by atoms with Crippen LogP contribution in [0.4, 0.5) is 13.2 Å². The molecule has 0 bridgehead atoms. The van der Waals surface area contributed by atoms with Crippen LogP contribution in [0, 0.1) is 0 Å². The summed E-state index contributed by atoms with van der Waals surface area (Å²) in [7, 11) is 6.30. The Morgan fingerprint density at radius 2 is 1.57 bits per heavy atom. The first-order valence-electron chi connectivity index (χ1n) is 9.22. The molecule has 0 spiro atoms. The first-order chi connectivity index (χ1) is 14.3. The van der Waals surface area contributed by atoms with Crippen molar-refractivity contribution < 1.29 is 27.4 Å². The van der Waals surface area contributed by atoms with Crippen molar-refractivity contribution >= 4 is 5.96 Å². The van der Waals surface area contributed by atoms with E-state index in [0.717, 1.165) is 17.7 Å². The second kappa shape index (κ2) is 10.6. The molecule has 2 rings (SSSR count). The Morgan fingerprint density at radius 3 is 2.10 bits per heavy atom. The molecule has 0 unspecified atom stereocenters. The Labute approximate surface area is 174 Å². The number of nitrogens with zero attached hydrogens (tertiary/aromatic N) is 1. The maximum atomic E-state index is 12.6.